The van der Waals surface area contributed by atoms with Crippen molar-refractivity contribution in [3.8, 4) is 0 Å². The van der Waals surface area contributed by atoms with Crippen LogP contribution in [0, 0.1) is 6.92 Å². The predicted molar refractivity (Wildman–Crippen MR) is 76.7 cm³/mol. The Kier molecular flexibility index (Phi) is 6.36. The molecule has 4 heteroatoms. The maximum atomic E-state index is 6.23. The number of aryl methyl sites for hydroxylation is 2. The average molecular weight is 252 g/mol. The van der Waals surface area contributed by atoms with Crippen LogP contribution in [-0.2, 0) is 13.0 Å². The van der Waals surface area contributed by atoms with E-state index in [1.165, 1.54) is 5.69 Å². The van der Waals surface area contributed by atoms with Crippen molar-refractivity contribution in [3.63, 3.8) is 0 Å². The lowest BCUT2D eigenvalue weighted by Gasteiger charge is -2.20. The van der Waals surface area contributed by atoms with Crippen molar-refractivity contribution in [1.29, 1.82) is 0 Å². The van der Waals surface area contributed by atoms with Crippen LogP contribution in [0.1, 0.15) is 38.6 Å². The van der Waals surface area contributed by atoms with Gasteiger partial charge in [-0.1, -0.05) is 13.8 Å². The first kappa shape index (κ1) is 15.2. The molecule has 0 aromatic carbocycles. The van der Waals surface area contributed by atoms with E-state index < -0.39 is 0 Å². The van der Waals surface area contributed by atoms with Gasteiger partial charge in [-0.05, 0) is 46.0 Å². The van der Waals surface area contributed by atoms with Gasteiger partial charge in [0, 0.05) is 24.7 Å². The molecule has 0 aliphatic heterocycles. The SMILES string of the molecule is CCN(CC)CCC(N)Cc1cc(C)nn1CC. The van der Waals surface area contributed by atoms with Crippen LogP contribution in [0.5, 0.6) is 0 Å². The van der Waals surface area contributed by atoms with Crippen LogP contribution in [0.25, 0.3) is 0 Å². The largest absolute Gasteiger partial charge is 0.327 e. The summed E-state index contributed by atoms with van der Waals surface area (Å²) in [7, 11) is 0. The number of hydrogen-bond donors (Lipinski definition) is 1. The second-order valence-corrected chi connectivity index (χ2v) is 4.87. The lowest BCUT2D eigenvalue weighted by Crippen LogP contribution is -2.32. The van der Waals surface area contributed by atoms with E-state index in [1.807, 2.05) is 6.92 Å². The van der Waals surface area contributed by atoms with E-state index in [0.29, 0.717) is 0 Å². The van der Waals surface area contributed by atoms with Gasteiger partial charge in [-0.25, -0.2) is 0 Å². The fourth-order valence-electron chi connectivity index (χ4n) is 2.30. The van der Waals surface area contributed by atoms with Crippen molar-refractivity contribution in [1.82, 2.24) is 14.7 Å². The summed E-state index contributed by atoms with van der Waals surface area (Å²) in [5.41, 5.74) is 8.58. The fraction of sp³-hybridized carbons (Fsp3) is 0.786. The summed E-state index contributed by atoms with van der Waals surface area (Å²) >= 11 is 0. The maximum Gasteiger partial charge on any atom is 0.0596 e. The number of nitrogens with two attached hydrogens (primary N) is 1. The minimum Gasteiger partial charge on any atom is -0.327 e. The van der Waals surface area contributed by atoms with Gasteiger partial charge in [0.2, 0.25) is 0 Å². The summed E-state index contributed by atoms with van der Waals surface area (Å²) in [5.74, 6) is 0. The lowest BCUT2D eigenvalue weighted by atomic mass is 10.1. The third-order valence-electron chi connectivity index (χ3n) is 3.47. The Morgan fingerprint density at radius 3 is 2.56 bits per heavy atom. The van der Waals surface area contributed by atoms with Crippen LogP contribution < -0.4 is 5.73 Å². The van der Waals surface area contributed by atoms with E-state index in [-0.39, 0.29) is 6.04 Å². The van der Waals surface area contributed by atoms with Crippen molar-refractivity contribution < 1.29 is 0 Å². The molecule has 0 radical (unpaired) electrons. The van der Waals surface area contributed by atoms with E-state index in [4.69, 9.17) is 5.73 Å². The van der Waals surface area contributed by atoms with Crippen LogP contribution in [0.15, 0.2) is 6.07 Å². The molecule has 2 N–H and O–H groups in total. The van der Waals surface area contributed by atoms with E-state index in [2.05, 4.69) is 41.5 Å². The molecule has 104 valence electrons. The molecule has 0 amide bonds. The van der Waals surface area contributed by atoms with Gasteiger partial charge in [0.1, 0.15) is 0 Å². The predicted octanol–water partition coefficient (Wildman–Crippen LogP) is 1.81. The summed E-state index contributed by atoms with van der Waals surface area (Å²) in [6.07, 6.45) is 1.98. The summed E-state index contributed by atoms with van der Waals surface area (Å²) in [5, 5.41) is 4.46. The highest BCUT2D eigenvalue weighted by Gasteiger charge is 2.10. The molecule has 0 saturated heterocycles. The first-order chi connectivity index (χ1) is 8.60. The molecule has 1 atom stereocenters. The lowest BCUT2D eigenvalue weighted by molar-refractivity contribution is 0.289. The summed E-state index contributed by atoms with van der Waals surface area (Å²) in [6.45, 7) is 12.8. The highest BCUT2D eigenvalue weighted by molar-refractivity contribution is 5.10. The minimum atomic E-state index is 0.229. The standard InChI is InChI=1S/C14H28N4/c1-5-17(6-2)9-8-13(15)11-14-10-12(4)16-18(14)7-3/h10,13H,5-9,11,15H2,1-4H3. The fourth-order valence-corrected chi connectivity index (χ4v) is 2.30. The molecule has 0 bridgehead atoms. The van der Waals surface area contributed by atoms with Gasteiger partial charge in [-0.3, -0.25) is 4.68 Å². The maximum absolute atomic E-state index is 6.23. The topological polar surface area (TPSA) is 47.1 Å². The van der Waals surface area contributed by atoms with E-state index in [0.717, 1.165) is 44.7 Å². The summed E-state index contributed by atoms with van der Waals surface area (Å²) < 4.78 is 2.06. The molecule has 0 saturated carbocycles. The quantitative estimate of drug-likeness (QED) is 0.767. The van der Waals surface area contributed by atoms with Gasteiger partial charge in [0.15, 0.2) is 0 Å². The Hall–Kier alpha value is -0.870. The Morgan fingerprint density at radius 2 is 2.00 bits per heavy atom. The molecule has 4 nitrogen and oxygen atoms in total. The van der Waals surface area contributed by atoms with Crippen LogP contribution in [0.4, 0.5) is 0 Å². The highest BCUT2D eigenvalue weighted by atomic mass is 15.3. The van der Waals surface area contributed by atoms with Crippen LogP contribution in [-0.4, -0.2) is 40.4 Å². The Morgan fingerprint density at radius 1 is 1.33 bits per heavy atom. The van der Waals surface area contributed by atoms with Crippen LogP contribution >= 0.6 is 0 Å². The summed E-state index contributed by atoms with van der Waals surface area (Å²) in [6, 6.07) is 2.38. The Labute approximate surface area is 111 Å². The molecular formula is C14H28N4. The Balaban J connectivity index is 2.46. The van der Waals surface area contributed by atoms with Crippen molar-refractivity contribution >= 4 is 0 Å². The second kappa shape index (κ2) is 7.54. The number of rotatable bonds is 8. The third-order valence-corrected chi connectivity index (χ3v) is 3.47. The molecule has 0 fully saturated rings. The minimum absolute atomic E-state index is 0.229. The average Bonchev–Trinajstić information content (AvgIpc) is 2.70. The number of nitrogens with zero attached hydrogens (tertiary/aromatic N) is 3. The molecule has 0 aliphatic rings. The van der Waals surface area contributed by atoms with Gasteiger partial charge >= 0.3 is 0 Å². The first-order valence-corrected chi connectivity index (χ1v) is 7.11. The normalized spacial score (nSPS) is 13.2. The van der Waals surface area contributed by atoms with Crippen molar-refractivity contribution in [2.75, 3.05) is 19.6 Å². The molecule has 1 heterocycles. The van der Waals surface area contributed by atoms with E-state index in [1.54, 1.807) is 0 Å². The van der Waals surface area contributed by atoms with Gasteiger partial charge < -0.3 is 10.6 Å². The molecule has 1 unspecified atom stereocenters. The van der Waals surface area contributed by atoms with Gasteiger partial charge in [-0.2, -0.15) is 5.10 Å². The Bertz CT molecular complexity index is 342. The van der Waals surface area contributed by atoms with Crippen molar-refractivity contribution in [3.05, 3.63) is 17.5 Å². The monoisotopic (exact) mass is 252 g/mol. The van der Waals surface area contributed by atoms with Gasteiger partial charge in [0.25, 0.3) is 0 Å². The second-order valence-electron chi connectivity index (χ2n) is 4.87. The summed E-state index contributed by atoms with van der Waals surface area (Å²) in [4.78, 5) is 2.42. The molecule has 1 rings (SSSR count). The molecule has 1 aromatic heterocycles. The third kappa shape index (κ3) is 4.42. The number of hydrogen-bond acceptors (Lipinski definition) is 3. The molecule has 0 spiro atoms. The van der Waals surface area contributed by atoms with Crippen LogP contribution in [0.3, 0.4) is 0 Å². The van der Waals surface area contributed by atoms with Crippen molar-refractivity contribution in [2.24, 2.45) is 5.73 Å². The first-order valence-electron chi connectivity index (χ1n) is 7.11. The van der Waals surface area contributed by atoms with Crippen LogP contribution in [0.2, 0.25) is 0 Å². The molecule has 18 heavy (non-hydrogen) atoms. The zero-order chi connectivity index (χ0) is 13.5. The van der Waals surface area contributed by atoms with E-state index >= 15 is 0 Å². The zero-order valence-electron chi connectivity index (χ0n) is 12.3. The zero-order valence-corrected chi connectivity index (χ0v) is 12.3. The molecular weight excluding hydrogens is 224 g/mol. The van der Waals surface area contributed by atoms with E-state index in [9.17, 15) is 0 Å². The van der Waals surface area contributed by atoms with Gasteiger partial charge in [-0.15, -0.1) is 0 Å². The van der Waals surface area contributed by atoms with Gasteiger partial charge in [0.05, 0.1) is 5.69 Å². The van der Waals surface area contributed by atoms with Crippen molar-refractivity contribution in [2.45, 2.75) is 53.1 Å². The number of aromatic nitrogens is 2. The molecule has 1 aromatic rings. The smallest absolute Gasteiger partial charge is 0.0596 e. The highest BCUT2D eigenvalue weighted by Crippen LogP contribution is 2.08. The molecule has 0 aliphatic carbocycles.